The Kier molecular flexibility index (Phi) is 2.60. The van der Waals surface area contributed by atoms with Crippen molar-refractivity contribution < 1.29 is 9.53 Å². The van der Waals surface area contributed by atoms with Crippen molar-refractivity contribution in [3.8, 4) is 5.88 Å². The summed E-state index contributed by atoms with van der Waals surface area (Å²) in [4.78, 5) is 20.1. The first-order valence-corrected chi connectivity index (χ1v) is 6.57. The maximum Gasteiger partial charge on any atom is 0.255 e. The number of hydrogen-bond acceptors (Lipinski definition) is 5. The van der Waals surface area contributed by atoms with Crippen LogP contribution in [0.2, 0.25) is 0 Å². The number of fused-ring (bicyclic) bond motifs is 1. The molecule has 1 fully saturated rings. The van der Waals surface area contributed by atoms with E-state index in [-0.39, 0.29) is 16.9 Å². The van der Waals surface area contributed by atoms with E-state index in [4.69, 9.17) is 16.2 Å². The molecule has 106 valence electrons. The van der Waals surface area contributed by atoms with Gasteiger partial charge in [0, 0.05) is 5.54 Å². The van der Waals surface area contributed by atoms with E-state index in [0.717, 1.165) is 12.8 Å². The van der Waals surface area contributed by atoms with E-state index in [1.165, 1.54) is 6.33 Å². The van der Waals surface area contributed by atoms with Crippen molar-refractivity contribution in [2.24, 2.45) is 5.73 Å². The summed E-state index contributed by atoms with van der Waals surface area (Å²) in [6.07, 6.45) is 3.39. The van der Waals surface area contributed by atoms with Crippen molar-refractivity contribution in [3.63, 3.8) is 0 Å². The maximum absolute atomic E-state index is 11.8. The lowest BCUT2D eigenvalue weighted by Gasteiger charge is -2.16. The fraction of sp³-hybridized carbons (Fsp3) is 0.462. The van der Waals surface area contributed by atoms with Crippen LogP contribution in [-0.4, -0.2) is 27.0 Å². The van der Waals surface area contributed by atoms with E-state index >= 15 is 0 Å². The molecule has 20 heavy (non-hydrogen) atoms. The number of nitrogen functional groups attached to an aromatic ring is 1. The lowest BCUT2D eigenvalue weighted by Crippen LogP contribution is -2.17. The molecule has 3 rings (SSSR count). The number of primary amides is 1. The molecule has 0 bridgehead atoms. The largest absolute Gasteiger partial charge is 0.478 e. The van der Waals surface area contributed by atoms with Crippen molar-refractivity contribution in [1.82, 2.24) is 14.5 Å². The predicted molar refractivity (Wildman–Crippen MR) is 74.5 cm³/mol. The minimum absolute atomic E-state index is 0.1000. The average Bonchev–Trinajstić information content (AvgIpc) is 3.01. The van der Waals surface area contributed by atoms with Crippen molar-refractivity contribution in [3.05, 3.63) is 11.9 Å². The number of ether oxygens (including phenoxy) is 1. The van der Waals surface area contributed by atoms with Crippen molar-refractivity contribution in [2.75, 3.05) is 12.3 Å². The summed E-state index contributed by atoms with van der Waals surface area (Å²) in [5.41, 5.74) is 12.2. The van der Waals surface area contributed by atoms with Gasteiger partial charge in [0.1, 0.15) is 23.4 Å². The SMILES string of the molecule is CCOc1c(C(N)=O)c2c(N)ncnc2n1C1(C)CC1. The van der Waals surface area contributed by atoms with Gasteiger partial charge in [-0.05, 0) is 26.7 Å². The number of amides is 1. The van der Waals surface area contributed by atoms with Crippen LogP contribution < -0.4 is 16.2 Å². The van der Waals surface area contributed by atoms with Gasteiger partial charge in [-0.25, -0.2) is 9.97 Å². The van der Waals surface area contributed by atoms with E-state index in [1.54, 1.807) is 0 Å². The molecular weight excluding hydrogens is 258 g/mol. The molecule has 2 aromatic rings. The molecule has 4 N–H and O–H groups in total. The maximum atomic E-state index is 11.8. The second-order valence-electron chi connectivity index (χ2n) is 5.27. The van der Waals surface area contributed by atoms with Gasteiger partial charge in [-0.1, -0.05) is 0 Å². The molecule has 1 amide bonds. The van der Waals surface area contributed by atoms with Gasteiger partial charge >= 0.3 is 0 Å². The Morgan fingerprint density at radius 2 is 2.20 bits per heavy atom. The summed E-state index contributed by atoms with van der Waals surface area (Å²) in [5.74, 6) is 0.109. The van der Waals surface area contributed by atoms with Gasteiger partial charge in [0.2, 0.25) is 5.88 Å². The third kappa shape index (κ3) is 1.62. The zero-order chi connectivity index (χ0) is 14.5. The topological polar surface area (TPSA) is 109 Å². The van der Waals surface area contributed by atoms with E-state index in [2.05, 4.69) is 16.9 Å². The molecule has 2 aromatic heterocycles. The second kappa shape index (κ2) is 4.09. The molecule has 7 nitrogen and oxygen atoms in total. The van der Waals surface area contributed by atoms with Crippen LogP contribution in [0.25, 0.3) is 11.0 Å². The fourth-order valence-corrected chi connectivity index (χ4v) is 2.52. The Balaban J connectivity index is 2.43. The molecule has 2 heterocycles. The number of nitrogens with zero attached hydrogens (tertiary/aromatic N) is 3. The predicted octanol–water partition coefficient (Wildman–Crippen LogP) is 1.02. The Bertz CT molecular complexity index is 702. The molecule has 1 aliphatic carbocycles. The van der Waals surface area contributed by atoms with Crippen LogP contribution in [0, 0.1) is 0 Å². The van der Waals surface area contributed by atoms with E-state index in [1.807, 2.05) is 11.5 Å². The molecule has 0 spiro atoms. The van der Waals surface area contributed by atoms with Crippen LogP contribution in [0.15, 0.2) is 6.33 Å². The summed E-state index contributed by atoms with van der Waals surface area (Å²) >= 11 is 0. The highest BCUT2D eigenvalue weighted by molar-refractivity contribution is 6.11. The molecular formula is C13H17N5O2. The van der Waals surface area contributed by atoms with Crippen LogP contribution in [0.4, 0.5) is 5.82 Å². The molecule has 7 heteroatoms. The molecule has 0 aromatic carbocycles. The standard InChI is InChI=1S/C13H17N5O2/c1-3-20-12-8(10(15)19)7-9(14)16-6-17-11(7)18(12)13(2)4-5-13/h6H,3-5H2,1-2H3,(H2,15,19)(H2,14,16,17). The van der Waals surface area contributed by atoms with Gasteiger partial charge in [0.15, 0.2) is 0 Å². The molecule has 1 aliphatic rings. The first-order chi connectivity index (χ1) is 9.49. The Morgan fingerprint density at radius 3 is 2.75 bits per heavy atom. The summed E-state index contributed by atoms with van der Waals surface area (Å²) in [5, 5.41) is 0.483. The minimum Gasteiger partial charge on any atom is -0.478 e. The van der Waals surface area contributed by atoms with Gasteiger partial charge in [-0.3, -0.25) is 9.36 Å². The van der Waals surface area contributed by atoms with E-state index in [9.17, 15) is 4.79 Å². The highest BCUT2D eigenvalue weighted by Crippen LogP contribution is 2.49. The van der Waals surface area contributed by atoms with Crippen LogP contribution in [0.1, 0.15) is 37.0 Å². The molecule has 0 saturated heterocycles. The highest BCUT2D eigenvalue weighted by atomic mass is 16.5. The lowest BCUT2D eigenvalue weighted by molar-refractivity contribution is 0.0997. The van der Waals surface area contributed by atoms with Crippen LogP contribution in [-0.2, 0) is 5.54 Å². The smallest absolute Gasteiger partial charge is 0.255 e. The number of carbonyl (C=O) groups excluding carboxylic acids is 1. The summed E-state index contributed by atoms with van der Waals surface area (Å²) < 4.78 is 7.61. The van der Waals surface area contributed by atoms with Crippen LogP contribution >= 0.6 is 0 Å². The monoisotopic (exact) mass is 275 g/mol. The quantitative estimate of drug-likeness (QED) is 0.865. The first-order valence-electron chi connectivity index (χ1n) is 6.57. The zero-order valence-electron chi connectivity index (χ0n) is 11.5. The Hall–Kier alpha value is -2.31. The van der Waals surface area contributed by atoms with Gasteiger partial charge in [-0.15, -0.1) is 0 Å². The number of nitrogens with two attached hydrogens (primary N) is 2. The van der Waals surface area contributed by atoms with E-state index < -0.39 is 5.91 Å². The van der Waals surface area contributed by atoms with Crippen LogP contribution in [0.3, 0.4) is 0 Å². The lowest BCUT2D eigenvalue weighted by atomic mass is 10.2. The Morgan fingerprint density at radius 1 is 1.50 bits per heavy atom. The van der Waals surface area contributed by atoms with Gasteiger partial charge < -0.3 is 16.2 Å². The molecule has 0 radical (unpaired) electrons. The third-order valence-electron chi connectivity index (χ3n) is 3.78. The molecule has 0 atom stereocenters. The fourth-order valence-electron chi connectivity index (χ4n) is 2.52. The molecule has 0 unspecified atom stereocenters. The number of aromatic nitrogens is 3. The third-order valence-corrected chi connectivity index (χ3v) is 3.78. The van der Waals surface area contributed by atoms with Crippen molar-refractivity contribution in [1.29, 1.82) is 0 Å². The normalized spacial score (nSPS) is 16.3. The summed E-state index contributed by atoms with van der Waals surface area (Å²) in [7, 11) is 0. The number of rotatable bonds is 4. The van der Waals surface area contributed by atoms with Crippen molar-refractivity contribution >= 4 is 22.8 Å². The molecule has 0 aliphatic heterocycles. The van der Waals surface area contributed by atoms with Crippen LogP contribution in [0.5, 0.6) is 5.88 Å². The number of carbonyl (C=O) groups is 1. The second-order valence-corrected chi connectivity index (χ2v) is 5.27. The van der Waals surface area contributed by atoms with Gasteiger partial charge in [0.25, 0.3) is 5.91 Å². The summed E-state index contributed by atoms with van der Waals surface area (Å²) in [6.45, 7) is 4.38. The first kappa shape index (κ1) is 12.7. The van der Waals surface area contributed by atoms with Gasteiger partial charge in [-0.2, -0.15) is 0 Å². The highest BCUT2D eigenvalue weighted by Gasteiger charge is 2.44. The molecule has 1 saturated carbocycles. The number of anilines is 1. The summed E-state index contributed by atoms with van der Waals surface area (Å²) in [6, 6.07) is 0. The van der Waals surface area contributed by atoms with E-state index in [0.29, 0.717) is 23.5 Å². The van der Waals surface area contributed by atoms with Gasteiger partial charge in [0.05, 0.1) is 12.0 Å². The van der Waals surface area contributed by atoms with Crippen molar-refractivity contribution in [2.45, 2.75) is 32.2 Å². The average molecular weight is 275 g/mol. The number of hydrogen-bond donors (Lipinski definition) is 2. The minimum atomic E-state index is -0.581. The zero-order valence-corrected chi connectivity index (χ0v) is 11.5. The Labute approximate surface area is 115 Å².